The van der Waals surface area contributed by atoms with Gasteiger partial charge in [-0.25, -0.2) is 0 Å². The molecule has 120 valence electrons. The van der Waals surface area contributed by atoms with Crippen molar-refractivity contribution in [2.75, 3.05) is 25.5 Å². The van der Waals surface area contributed by atoms with Crippen LogP contribution in [0, 0.1) is 0 Å². The van der Waals surface area contributed by atoms with Crippen LogP contribution in [-0.4, -0.2) is 37.0 Å². The lowest BCUT2D eigenvalue weighted by Gasteiger charge is -2.22. The summed E-state index contributed by atoms with van der Waals surface area (Å²) in [5.74, 6) is 0.482. The summed E-state index contributed by atoms with van der Waals surface area (Å²) >= 11 is 0. The summed E-state index contributed by atoms with van der Waals surface area (Å²) < 4.78 is 0. The molecular formula is C16H29IN4. The van der Waals surface area contributed by atoms with Gasteiger partial charge in [-0.3, -0.25) is 4.99 Å². The van der Waals surface area contributed by atoms with Crippen LogP contribution in [0.2, 0.25) is 0 Å². The molecule has 5 heteroatoms. The normalized spacial score (nSPS) is 12.9. The minimum absolute atomic E-state index is 0. The van der Waals surface area contributed by atoms with Crippen LogP contribution in [0.4, 0.5) is 5.69 Å². The van der Waals surface area contributed by atoms with Gasteiger partial charge >= 0.3 is 0 Å². The average molecular weight is 404 g/mol. The predicted molar refractivity (Wildman–Crippen MR) is 104 cm³/mol. The topological polar surface area (TPSA) is 53.6 Å². The van der Waals surface area contributed by atoms with Gasteiger partial charge in [-0.2, -0.15) is 0 Å². The molecule has 0 amide bonds. The van der Waals surface area contributed by atoms with E-state index in [0.29, 0.717) is 18.5 Å². The van der Waals surface area contributed by atoms with E-state index in [-0.39, 0.29) is 24.0 Å². The van der Waals surface area contributed by atoms with Gasteiger partial charge in [0, 0.05) is 18.3 Å². The Morgan fingerprint density at radius 1 is 1.38 bits per heavy atom. The van der Waals surface area contributed by atoms with E-state index in [4.69, 9.17) is 5.73 Å². The van der Waals surface area contributed by atoms with Crippen molar-refractivity contribution in [2.24, 2.45) is 10.7 Å². The van der Waals surface area contributed by atoms with Crippen LogP contribution in [-0.2, 0) is 6.42 Å². The molecular weight excluding hydrogens is 375 g/mol. The van der Waals surface area contributed by atoms with Crippen molar-refractivity contribution in [2.45, 2.75) is 39.7 Å². The number of aryl methyl sites for hydroxylation is 1. The first kappa shape index (κ1) is 20.2. The minimum Gasteiger partial charge on any atom is -0.370 e. The fourth-order valence-electron chi connectivity index (χ4n) is 1.92. The Morgan fingerprint density at radius 3 is 2.71 bits per heavy atom. The number of nitrogens with one attached hydrogen (secondary N) is 1. The van der Waals surface area contributed by atoms with E-state index in [1.54, 1.807) is 0 Å². The van der Waals surface area contributed by atoms with Gasteiger partial charge in [-0.15, -0.1) is 24.0 Å². The molecule has 0 fully saturated rings. The van der Waals surface area contributed by atoms with Crippen LogP contribution in [0.25, 0.3) is 0 Å². The number of hydrogen-bond donors (Lipinski definition) is 2. The molecule has 4 nitrogen and oxygen atoms in total. The van der Waals surface area contributed by atoms with E-state index in [0.717, 1.165) is 25.1 Å². The molecule has 3 N–H and O–H groups in total. The van der Waals surface area contributed by atoms with Gasteiger partial charge in [0.15, 0.2) is 5.96 Å². The van der Waals surface area contributed by atoms with E-state index in [1.807, 2.05) is 12.1 Å². The number of anilines is 1. The van der Waals surface area contributed by atoms with Crippen molar-refractivity contribution in [3.8, 4) is 0 Å². The maximum atomic E-state index is 5.91. The summed E-state index contributed by atoms with van der Waals surface area (Å²) in [6.07, 6.45) is 2.17. The molecule has 1 unspecified atom stereocenters. The second-order valence-electron chi connectivity index (χ2n) is 5.18. The van der Waals surface area contributed by atoms with Gasteiger partial charge in [0.05, 0.1) is 6.54 Å². The molecule has 0 spiro atoms. The summed E-state index contributed by atoms with van der Waals surface area (Å²) in [7, 11) is 2.12. The van der Waals surface area contributed by atoms with Gasteiger partial charge in [0.25, 0.3) is 0 Å². The van der Waals surface area contributed by atoms with E-state index in [9.17, 15) is 0 Å². The van der Waals surface area contributed by atoms with Crippen molar-refractivity contribution in [1.82, 2.24) is 4.90 Å². The number of rotatable bonds is 7. The van der Waals surface area contributed by atoms with Crippen molar-refractivity contribution in [3.05, 3.63) is 29.8 Å². The van der Waals surface area contributed by atoms with Gasteiger partial charge < -0.3 is 16.0 Å². The lowest BCUT2D eigenvalue weighted by molar-refractivity contribution is 0.259. The predicted octanol–water partition coefficient (Wildman–Crippen LogP) is 3.32. The third-order valence-corrected chi connectivity index (χ3v) is 3.69. The number of nitrogens with two attached hydrogens (primary N) is 1. The van der Waals surface area contributed by atoms with Crippen molar-refractivity contribution < 1.29 is 0 Å². The van der Waals surface area contributed by atoms with Gasteiger partial charge in [0.1, 0.15) is 0 Å². The molecule has 0 saturated carbocycles. The lowest BCUT2D eigenvalue weighted by atomic mass is 10.1. The number of hydrogen-bond acceptors (Lipinski definition) is 2. The molecule has 0 heterocycles. The van der Waals surface area contributed by atoms with Crippen LogP contribution in [0.15, 0.2) is 29.3 Å². The van der Waals surface area contributed by atoms with Crippen LogP contribution in [0.5, 0.6) is 0 Å². The standard InChI is InChI=1S/C16H28N4.HI/c1-5-13(3)20(4)11-10-18-16(17)19-15-9-7-8-14(6-2)12-15;/h7-9,12-13H,5-6,10-11H2,1-4H3,(H3,17,18,19);1H. The zero-order valence-corrected chi connectivity index (χ0v) is 15.9. The van der Waals surface area contributed by atoms with E-state index < -0.39 is 0 Å². The average Bonchev–Trinajstić information content (AvgIpc) is 2.46. The van der Waals surface area contributed by atoms with Gasteiger partial charge in [-0.05, 0) is 44.5 Å². The maximum absolute atomic E-state index is 5.91. The van der Waals surface area contributed by atoms with Crippen LogP contribution >= 0.6 is 24.0 Å². The lowest BCUT2D eigenvalue weighted by Crippen LogP contribution is -2.31. The number of aliphatic imine (C=N–C) groups is 1. The van der Waals surface area contributed by atoms with Crippen molar-refractivity contribution >= 4 is 35.6 Å². The van der Waals surface area contributed by atoms with E-state index >= 15 is 0 Å². The fourth-order valence-corrected chi connectivity index (χ4v) is 1.92. The molecule has 0 bridgehead atoms. The Balaban J connectivity index is 0.00000400. The summed E-state index contributed by atoms with van der Waals surface area (Å²) in [6, 6.07) is 8.84. The monoisotopic (exact) mass is 404 g/mol. The quantitative estimate of drug-likeness (QED) is 0.417. The zero-order chi connectivity index (χ0) is 15.0. The van der Waals surface area contributed by atoms with Crippen LogP contribution < -0.4 is 11.1 Å². The Hall–Kier alpha value is -0.820. The number of guanidine groups is 1. The zero-order valence-electron chi connectivity index (χ0n) is 13.6. The Labute approximate surface area is 146 Å². The number of halogens is 1. The first-order valence-corrected chi connectivity index (χ1v) is 7.42. The second kappa shape index (κ2) is 10.8. The number of nitrogens with zero attached hydrogens (tertiary/aromatic N) is 2. The molecule has 0 aliphatic carbocycles. The SMILES string of the molecule is CCc1cccc(NC(N)=NCCN(C)C(C)CC)c1.I. The summed E-state index contributed by atoms with van der Waals surface area (Å²) in [5, 5.41) is 3.14. The van der Waals surface area contributed by atoms with Crippen molar-refractivity contribution in [3.63, 3.8) is 0 Å². The number of benzene rings is 1. The molecule has 1 aromatic carbocycles. The van der Waals surface area contributed by atoms with Gasteiger partial charge in [-0.1, -0.05) is 26.0 Å². The molecule has 21 heavy (non-hydrogen) atoms. The van der Waals surface area contributed by atoms with Gasteiger partial charge in [0.2, 0.25) is 0 Å². The molecule has 0 saturated heterocycles. The highest BCUT2D eigenvalue weighted by Gasteiger charge is 2.05. The third kappa shape index (κ3) is 7.66. The highest BCUT2D eigenvalue weighted by molar-refractivity contribution is 14.0. The molecule has 1 rings (SSSR count). The molecule has 0 radical (unpaired) electrons. The molecule has 1 atom stereocenters. The smallest absolute Gasteiger partial charge is 0.193 e. The molecule has 0 aliphatic heterocycles. The van der Waals surface area contributed by atoms with E-state index in [1.165, 1.54) is 5.56 Å². The first-order valence-electron chi connectivity index (χ1n) is 7.42. The second-order valence-corrected chi connectivity index (χ2v) is 5.18. The third-order valence-electron chi connectivity index (χ3n) is 3.69. The largest absolute Gasteiger partial charge is 0.370 e. The highest BCUT2D eigenvalue weighted by atomic mass is 127. The van der Waals surface area contributed by atoms with Crippen LogP contribution in [0.1, 0.15) is 32.8 Å². The molecule has 0 aliphatic rings. The van der Waals surface area contributed by atoms with Crippen molar-refractivity contribution in [1.29, 1.82) is 0 Å². The first-order chi connectivity index (χ1) is 9.56. The molecule has 1 aromatic rings. The Morgan fingerprint density at radius 2 is 2.10 bits per heavy atom. The Kier molecular flexibility index (Phi) is 10.4. The minimum atomic E-state index is 0. The fraction of sp³-hybridized carbons (Fsp3) is 0.562. The summed E-state index contributed by atoms with van der Waals surface area (Å²) in [5.41, 5.74) is 8.20. The summed E-state index contributed by atoms with van der Waals surface area (Å²) in [4.78, 5) is 6.67. The highest BCUT2D eigenvalue weighted by Crippen LogP contribution is 2.10. The molecule has 0 aromatic heterocycles. The number of likely N-dealkylation sites (N-methyl/N-ethyl adjacent to an activating group) is 1. The Bertz CT molecular complexity index is 434. The summed E-state index contributed by atoms with van der Waals surface area (Å²) in [6.45, 7) is 8.20. The van der Waals surface area contributed by atoms with E-state index in [2.05, 4.69) is 55.2 Å². The van der Waals surface area contributed by atoms with Crippen LogP contribution in [0.3, 0.4) is 0 Å². The maximum Gasteiger partial charge on any atom is 0.193 e.